The van der Waals surface area contributed by atoms with Crippen LogP contribution in [0.25, 0.3) is 0 Å². The molecule has 0 rings (SSSR count). The summed E-state index contributed by atoms with van der Waals surface area (Å²) < 4.78 is 0. The molecule has 0 aromatic carbocycles. The summed E-state index contributed by atoms with van der Waals surface area (Å²) in [6.45, 7) is 8.00. The Bertz CT molecular complexity index is 263. The fourth-order valence-corrected chi connectivity index (χ4v) is 0.330. The Balaban J connectivity index is 3.98. The lowest BCUT2D eigenvalue weighted by Crippen LogP contribution is -2.12. The van der Waals surface area contributed by atoms with Crippen LogP contribution in [0.2, 0.25) is 0 Å². The minimum Gasteiger partial charge on any atom is -0.242 e. The molecule has 0 bridgehead atoms. The zero-order valence-corrected chi connectivity index (χ0v) is 7.92. The number of hydrogen-bond acceptors (Lipinski definition) is 4. The molecule has 0 saturated carbocycles. The van der Waals surface area contributed by atoms with E-state index in [4.69, 9.17) is 0 Å². The fraction of sp³-hybridized carbons (Fsp3) is 0.333. The predicted molar refractivity (Wildman–Crippen MR) is 46.4 cm³/mol. The van der Waals surface area contributed by atoms with E-state index in [2.05, 4.69) is 16.4 Å². The Labute approximate surface area is 76.8 Å². The van der Waals surface area contributed by atoms with Crippen molar-refractivity contribution in [3.05, 3.63) is 23.8 Å². The molecule has 0 spiro atoms. The van der Waals surface area contributed by atoms with Crippen LogP contribution in [0.5, 0.6) is 0 Å². The molecule has 4 heteroatoms. The highest BCUT2D eigenvalue weighted by Crippen LogP contribution is 1.99. The molecule has 0 radical (unpaired) electrons. The molecule has 0 amide bonds. The lowest BCUT2D eigenvalue weighted by atomic mass is 10.3. The van der Waals surface area contributed by atoms with E-state index in [1.165, 1.54) is 6.92 Å². The van der Waals surface area contributed by atoms with Gasteiger partial charge in [-0.05, 0) is 20.8 Å². The highest BCUT2D eigenvalue weighted by atomic mass is 17.2. The summed E-state index contributed by atoms with van der Waals surface area (Å²) in [6, 6.07) is 0. The van der Waals surface area contributed by atoms with Gasteiger partial charge in [-0.25, -0.2) is 19.4 Å². The van der Waals surface area contributed by atoms with Crippen molar-refractivity contribution in [2.45, 2.75) is 20.8 Å². The number of carbonyl (C=O) groups is 2. The van der Waals surface area contributed by atoms with Crippen LogP contribution < -0.4 is 0 Å². The minimum absolute atomic E-state index is 0.172. The molecule has 0 aliphatic rings. The highest BCUT2D eigenvalue weighted by molar-refractivity contribution is 5.90. The molecule has 0 fully saturated rings. The first-order chi connectivity index (χ1) is 5.99. The Kier molecular flexibility index (Phi) is 4.51. The van der Waals surface area contributed by atoms with E-state index < -0.39 is 11.9 Å². The number of allylic oxidation sites excluding steroid dienone is 1. The van der Waals surface area contributed by atoms with Gasteiger partial charge in [0, 0.05) is 11.1 Å². The first-order valence-corrected chi connectivity index (χ1v) is 3.70. The van der Waals surface area contributed by atoms with Gasteiger partial charge in [0.25, 0.3) is 0 Å². The Morgan fingerprint density at radius 1 is 1.15 bits per heavy atom. The highest BCUT2D eigenvalue weighted by Gasteiger charge is 2.10. The lowest BCUT2D eigenvalue weighted by molar-refractivity contribution is -0.252. The molecular weight excluding hydrogens is 172 g/mol. The van der Waals surface area contributed by atoms with Gasteiger partial charge in [-0.2, -0.15) is 0 Å². The van der Waals surface area contributed by atoms with E-state index in [0.29, 0.717) is 5.57 Å². The van der Waals surface area contributed by atoms with Crippen molar-refractivity contribution >= 4 is 11.9 Å². The van der Waals surface area contributed by atoms with E-state index in [1.807, 2.05) is 0 Å². The largest absolute Gasteiger partial charge is 0.381 e. The molecular formula is C9H12O4. The average molecular weight is 184 g/mol. The van der Waals surface area contributed by atoms with Gasteiger partial charge >= 0.3 is 11.9 Å². The van der Waals surface area contributed by atoms with Gasteiger partial charge < -0.3 is 0 Å². The molecule has 0 aliphatic carbocycles. The second-order valence-corrected chi connectivity index (χ2v) is 2.49. The zero-order chi connectivity index (χ0) is 10.4. The maximum absolute atomic E-state index is 10.9. The maximum atomic E-state index is 10.9. The van der Waals surface area contributed by atoms with Gasteiger partial charge in [0.15, 0.2) is 0 Å². The Morgan fingerprint density at radius 3 is 2.00 bits per heavy atom. The predicted octanol–water partition coefficient (Wildman–Crippen LogP) is 1.53. The first-order valence-electron chi connectivity index (χ1n) is 3.70. The van der Waals surface area contributed by atoms with Crippen molar-refractivity contribution in [2.75, 3.05) is 0 Å². The third kappa shape index (κ3) is 4.10. The third-order valence-corrected chi connectivity index (χ3v) is 1.30. The molecule has 0 unspecified atom stereocenters. The summed E-state index contributed by atoms with van der Waals surface area (Å²) in [5, 5.41) is 0. The normalized spacial score (nSPS) is 10.5. The quantitative estimate of drug-likeness (QED) is 0.371. The number of carbonyl (C=O) groups excluding carboxylic acids is 2. The van der Waals surface area contributed by atoms with E-state index in [0.717, 1.165) is 0 Å². The molecule has 13 heavy (non-hydrogen) atoms. The van der Waals surface area contributed by atoms with Crippen molar-refractivity contribution in [1.29, 1.82) is 0 Å². The van der Waals surface area contributed by atoms with E-state index in [9.17, 15) is 9.59 Å². The van der Waals surface area contributed by atoms with Crippen LogP contribution in [-0.4, -0.2) is 11.9 Å². The second-order valence-electron chi connectivity index (χ2n) is 2.49. The van der Waals surface area contributed by atoms with Crippen LogP contribution in [-0.2, 0) is 19.4 Å². The van der Waals surface area contributed by atoms with Crippen LogP contribution in [0, 0.1) is 0 Å². The van der Waals surface area contributed by atoms with Gasteiger partial charge in [-0.3, -0.25) is 0 Å². The molecule has 4 nitrogen and oxygen atoms in total. The van der Waals surface area contributed by atoms with Crippen molar-refractivity contribution in [3.63, 3.8) is 0 Å². The summed E-state index contributed by atoms with van der Waals surface area (Å²) in [5.74, 6) is -1.44. The molecule has 0 aromatic rings. The Morgan fingerprint density at radius 2 is 1.62 bits per heavy atom. The number of hydrogen-bond donors (Lipinski definition) is 0. The van der Waals surface area contributed by atoms with Gasteiger partial charge in [-0.1, -0.05) is 12.7 Å². The minimum atomic E-state index is -0.753. The zero-order valence-electron chi connectivity index (χ0n) is 7.92. The lowest BCUT2D eigenvalue weighted by Gasteiger charge is -2.01. The molecule has 0 aromatic heterocycles. The Hall–Kier alpha value is -1.58. The summed E-state index contributed by atoms with van der Waals surface area (Å²) in [5.41, 5.74) is 0.542. The van der Waals surface area contributed by atoms with Crippen LogP contribution in [0.4, 0.5) is 0 Å². The van der Waals surface area contributed by atoms with Crippen LogP contribution >= 0.6 is 0 Å². The van der Waals surface area contributed by atoms with Gasteiger partial charge in [0.1, 0.15) is 0 Å². The summed E-state index contributed by atoms with van der Waals surface area (Å²) in [6.07, 6.45) is 1.55. The van der Waals surface area contributed by atoms with E-state index >= 15 is 0 Å². The van der Waals surface area contributed by atoms with Gasteiger partial charge in [0.2, 0.25) is 0 Å². The summed E-state index contributed by atoms with van der Waals surface area (Å²) in [4.78, 5) is 30.0. The molecule has 0 N–H and O–H groups in total. The van der Waals surface area contributed by atoms with E-state index in [1.54, 1.807) is 19.9 Å². The van der Waals surface area contributed by atoms with Crippen molar-refractivity contribution in [2.24, 2.45) is 0 Å². The summed E-state index contributed by atoms with van der Waals surface area (Å²) >= 11 is 0. The number of rotatable bonds is 2. The van der Waals surface area contributed by atoms with Gasteiger partial charge in [0.05, 0.1) is 0 Å². The van der Waals surface area contributed by atoms with E-state index in [-0.39, 0.29) is 5.57 Å². The standard InChI is InChI=1S/C9H12O4/c1-5-7(4)9(11)13-12-8(10)6(2)3/h5H,2H2,1,3-4H3. The molecule has 72 valence electrons. The second kappa shape index (κ2) is 5.13. The van der Waals surface area contributed by atoms with Crippen LogP contribution in [0.1, 0.15) is 20.8 Å². The van der Waals surface area contributed by atoms with Crippen LogP contribution in [0.15, 0.2) is 23.8 Å². The SMILES string of the molecule is C=C(C)C(=O)OOC(=O)C(C)=CC. The van der Waals surface area contributed by atoms with Gasteiger partial charge in [-0.15, -0.1) is 0 Å². The maximum Gasteiger partial charge on any atom is 0.381 e. The third-order valence-electron chi connectivity index (χ3n) is 1.30. The van der Waals surface area contributed by atoms with Crippen LogP contribution in [0.3, 0.4) is 0 Å². The average Bonchev–Trinajstić information content (AvgIpc) is 2.11. The molecule has 0 atom stereocenters. The fourth-order valence-electron chi connectivity index (χ4n) is 0.330. The topological polar surface area (TPSA) is 52.6 Å². The smallest absolute Gasteiger partial charge is 0.242 e. The van der Waals surface area contributed by atoms with Crippen molar-refractivity contribution < 1.29 is 19.4 Å². The van der Waals surface area contributed by atoms with Crippen molar-refractivity contribution in [3.8, 4) is 0 Å². The van der Waals surface area contributed by atoms with Crippen molar-refractivity contribution in [1.82, 2.24) is 0 Å². The summed E-state index contributed by atoms with van der Waals surface area (Å²) in [7, 11) is 0. The molecule has 0 aliphatic heterocycles. The molecule has 0 heterocycles. The first kappa shape index (κ1) is 11.4. The monoisotopic (exact) mass is 184 g/mol. The molecule has 0 saturated heterocycles.